The van der Waals surface area contributed by atoms with Crippen molar-refractivity contribution in [2.24, 2.45) is 0 Å². The summed E-state index contributed by atoms with van der Waals surface area (Å²) >= 11 is 0. The zero-order valence-corrected chi connectivity index (χ0v) is 20.1. The molecule has 0 saturated heterocycles. The molecule has 0 heterocycles. The Morgan fingerprint density at radius 2 is 1.53 bits per heavy atom. The molecule has 0 aromatic heterocycles. The molecule has 1 saturated carbocycles. The topological polar surface area (TPSA) is 90.0 Å². The van der Waals surface area contributed by atoms with Gasteiger partial charge in [-0.1, -0.05) is 24.0 Å². The molecule has 0 bridgehead atoms. The van der Waals surface area contributed by atoms with Crippen LogP contribution >= 0.6 is 0 Å². The van der Waals surface area contributed by atoms with Crippen LogP contribution in [0.4, 0.5) is 0 Å². The maximum absolute atomic E-state index is 12.9. The van der Waals surface area contributed by atoms with Crippen molar-refractivity contribution >= 4 is 17.6 Å². The highest BCUT2D eigenvalue weighted by atomic mass is 16.3. The summed E-state index contributed by atoms with van der Waals surface area (Å²) in [6.07, 6.45) is 2.57. The monoisotopic (exact) mass is 461 g/mol. The lowest BCUT2D eigenvalue weighted by atomic mass is 9.92. The van der Waals surface area contributed by atoms with Crippen LogP contribution in [0.15, 0.2) is 48.5 Å². The number of nitrogens with one attached hydrogen (secondary N) is 1. The first-order valence-electron chi connectivity index (χ1n) is 11.3. The van der Waals surface area contributed by atoms with Gasteiger partial charge in [0.2, 0.25) is 0 Å². The number of aliphatic hydroxyl groups is 1. The normalized spacial score (nSPS) is 14.5. The second-order valence-corrected chi connectivity index (χ2v) is 8.77. The number of hydrogen-bond acceptors (Lipinski definition) is 5. The van der Waals surface area contributed by atoms with E-state index in [0.717, 1.165) is 28.6 Å². The van der Waals surface area contributed by atoms with Crippen LogP contribution < -0.4 is 5.32 Å². The van der Waals surface area contributed by atoms with Crippen molar-refractivity contribution in [3.63, 3.8) is 0 Å². The third-order valence-corrected chi connectivity index (χ3v) is 6.37. The SMILES string of the molecule is CNC(=O)C(C)(C(=O)CO)N(C)C(=O)c1ccc(C#Cc2ccc(CN(C)C3CC3)cc2)cc1. The van der Waals surface area contributed by atoms with E-state index in [0.29, 0.717) is 5.56 Å². The highest BCUT2D eigenvalue weighted by molar-refractivity contribution is 6.14. The third-order valence-electron chi connectivity index (χ3n) is 6.37. The van der Waals surface area contributed by atoms with Crippen molar-refractivity contribution in [3.8, 4) is 11.8 Å². The van der Waals surface area contributed by atoms with Crippen LogP contribution in [0.25, 0.3) is 0 Å². The molecule has 7 nitrogen and oxygen atoms in total. The zero-order chi connectivity index (χ0) is 24.9. The van der Waals surface area contributed by atoms with E-state index >= 15 is 0 Å². The van der Waals surface area contributed by atoms with Crippen LogP contribution in [0.5, 0.6) is 0 Å². The molecule has 2 amide bonds. The number of aliphatic hydroxyl groups excluding tert-OH is 1. The molecule has 1 unspecified atom stereocenters. The summed E-state index contributed by atoms with van der Waals surface area (Å²) in [6.45, 7) is 1.40. The highest BCUT2D eigenvalue weighted by Crippen LogP contribution is 2.26. The van der Waals surface area contributed by atoms with E-state index in [9.17, 15) is 19.5 Å². The van der Waals surface area contributed by atoms with Crippen LogP contribution in [-0.4, -0.2) is 71.8 Å². The number of benzene rings is 2. The van der Waals surface area contributed by atoms with Gasteiger partial charge in [-0.15, -0.1) is 0 Å². The van der Waals surface area contributed by atoms with Gasteiger partial charge in [-0.3, -0.25) is 19.3 Å². The number of carbonyl (C=O) groups excluding carboxylic acids is 3. The third kappa shape index (κ3) is 5.53. The minimum Gasteiger partial charge on any atom is -0.388 e. The first-order chi connectivity index (χ1) is 16.2. The first-order valence-corrected chi connectivity index (χ1v) is 11.3. The van der Waals surface area contributed by atoms with Crippen LogP contribution in [0.2, 0.25) is 0 Å². The van der Waals surface area contributed by atoms with E-state index in [4.69, 9.17) is 0 Å². The van der Waals surface area contributed by atoms with Gasteiger partial charge in [0, 0.05) is 43.4 Å². The molecule has 1 aliphatic carbocycles. The van der Waals surface area contributed by atoms with E-state index in [2.05, 4.69) is 41.2 Å². The van der Waals surface area contributed by atoms with Gasteiger partial charge in [-0.05, 0) is 68.8 Å². The summed E-state index contributed by atoms with van der Waals surface area (Å²) in [6, 6.07) is 15.6. The standard InChI is InChI=1S/C27H31N3O4/c1-27(24(32)18-31,26(34)28-2)30(4)25(33)22-13-11-20(12-14-22)6-5-19-7-9-21(10-8-19)17-29(3)23-15-16-23/h7-14,23,31H,15-18H2,1-4H3,(H,28,34). The van der Waals surface area contributed by atoms with Crippen molar-refractivity contribution in [1.82, 2.24) is 15.1 Å². The largest absolute Gasteiger partial charge is 0.388 e. The van der Waals surface area contributed by atoms with Crippen molar-refractivity contribution in [3.05, 3.63) is 70.8 Å². The predicted octanol–water partition coefficient (Wildman–Crippen LogP) is 1.82. The molecule has 1 atom stereocenters. The number of rotatable bonds is 8. The Morgan fingerprint density at radius 3 is 2.00 bits per heavy atom. The Hall–Kier alpha value is -3.47. The summed E-state index contributed by atoms with van der Waals surface area (Å²) in [7, 11) is 4.89. The lowest BCUT2D eigenvalue weighted by Crippen LogP contribution is -2.62. The molecule has 0 spiro atoms. The molecule has 178 valence electrons. The molecule has 1 aliphatic rings. The quantitative estimate of drug-likeness (QED) is 0.462. The molecule has 2 aromatic rings. The molecule has 34 heavy (non-hydrogen) atoms. The molecule has 3 rings (SSSR count). The Kier molecular flexibility index (Phi) is 7.87. The fourth-order valence-electron chi connectivity index (χ4n) is 3.73. The van der Waals surface area contributed by atoms with E-state index in [-0.39, 0.29) is 0 Å². The molecular weight excluding hydrogens is 430 g/mol. The fourth-order valence-corrected chi connectivity index (χ4v) is 3.73. The average molecular weight is 462 g/mol. The Balaban J connectivity index is 1.69. The zero-order valence-electron chi connectivity index (χ0n) is 20.1. The lowest BCUT2D eigenvalue weighted by Gasteiger charge is -2.35. The summed E-state index contributed by atoms with van der Waals surface area (Å²) in [5.41, 5.74) is 1.38. The van der Waals surface area contributed by atoms with Gasteiger partial charge in [0.25, 0.3) is 11.8 Å². The van der Waals surface area contributed by atoms with Crippen LogP contribution in [0.3, 0.4) is 0 Å². The molecule has 0 radical (unpaired) electrons. The van der Waals surface area contributed by atoms with E-state index in [1.165, 1.54) is 39.4 Å². The molecule has 0 aliphatic heterocycles. The Bertz CT molecular complexity index is 1090. The van der Waals surface area contributed by atoms with Gasteiger partial charge in [-0.2, -0.15) is 0 Å². The van der Waals surface area contributed by atoms with Crippen LogP contribution in [-0.2, 0) is 16.1 Å². The maximum atomic E-state index is 12.9. The van der Waals surface area contributed by atoms with Gasteiger partial charge < -0.3 is 15.3 Å². The van der Waals surface area contributed by atoms with Crippen molar-refractivity contribution < 1.29 is 19.5 Å². The summed E-state index contributed by atoms with van der Waals surface area (Å²) < 4.78 is 0. The Labute approximate surface area is 200 Å². The number of carbonyl (C=O) groups is 3. The van der Waals surface area contributed by atoms with E-state index in [1.807, 2.05) is 12.1 Å². The van der Waals surface area contributed by atoms with Gasteiger partial charge in [-0.25, -0.2) is 0 Å². The summed E-state index contributed by atoms with van der Waals surface area (Å²) in [5.74, 6) is 4.27. The van der Waals surface area contributed by atoms with Gasteiger partial charge in [0.1, 0.15) is 6.61 Å². The fraction of sp³-hybridized carbons (Fsp3) is 0.370. The number of nitrogens with zero attached hydrogens (tertiary/aromatic N) is 2. The lowest BCUT2D eigenvalue weighted by molar-refractivity contribution is -0.143. The molecule has 1 fully saturated rings. The predicted molar refractivity (Wildman–Crippen MR) is 130 cm³/mol. The number of likely N-dealkylation sites (N-methyl/N-ethyl adjacent to an activating group) is 2. The maximum Gasteiger partial charge on any atom is 0.254 e. The average Bonchev–Trinajstić information content (AvgIpc) is 3.72. The first kappa shape index (κ1) is 25.2. The summed E-state index contributed by atoms with van der Waals surface area (Å²) in [4.78, 5) is 41.0. The second-order valence-electron chi connectivity index (χ2n) is 8.77. The van der Waals surface area contributed by atoms with Crippen molar-refractivity contribution in [2.45, 2.75) is 37.9 Å². The Morgan fingerprint density at radius 1 is 1.00 bits per heavy atom. The summed E-state index contributed by atoms with van der Waals surface area (Å²) in [5, 5.41) is 11.7. The van der Waals surface area contributed by atoms with Crippen molar-refractivity contribution in [2.75, 3.05) is 27.7 Å². The van der Waals surface area contributed by atoms with Gasteiger partial charge in [0.05, 0.1) is 0 Å². The van der Waals surface area contributed by atoms with Gasteiger partial charge in [0.15, 0.2) is 11.3 Å². The van der Waals surface area contributed by atoms with E-state index in [1.54, 1.807) is 24.3 Å². The highest BCUT2D eigenvalue weighted by Gasteiger charge is 2.46. The smallest absolute Gasteiger partial charge is 0.254 e. The second kappa shape index (κ2) is 10.6. The molecular formula is C27H31N3O4. The number of amides is 2. The van der Waals surface area contributed by atoms with Crippen LogP contribution in [0, 0.1) is 11.8 Å². The van der Waals surface area contributed by atoms with E-state index < -0.39 is 29.7 Å². The van der Waals surface area contributed by atoms with Crippen molar-refractivity contribution in [1.29, 1.82) is 0 Å². The number of ketones is 1. The number of hydrogen-bond donors (Lipinski definition) is 2. The van der Waals surface area contributed by atoms with Gasteiger partial charge >= 0.3 is 0 Å². The number of Topliss-reactive ketones (excluding diaryl/α,β-unsaturated/α-hetero) is 1. The minimum atomic E-state index is -1.82. The molecule has 2 aromatic carbocycles. The van der Waals surface area contributed by atoms with Crippen LogP contribution in [0.1, 0.15) is 46.8 Å². The molecule has 2 N–H and O–H groups in total. The molecule has 7 heteroatoms. The minimum absolute atomic E-state index is 0.304.